The molecule has 0 saturated carbocycles. The molecule has 3 rings (SSSR count). The van der Waals surface area contributed by atoms with Gasteiger partial charge in [0.05, 0.1) is 27.9 Å². The van der Waals surface area contributed by atoms with Crippen molar-refractivity contribution in [3.05, 3.63) is 62.9 Å². The number of nitro groups is 1. The molecule has 0 amide bonds. The van der Waals surface area contributed by atoms with E-state index in [1.54, 1.807) is 19.1 Å². The van der Waals surface area contributed by atoms with E-state index < -0.39 is 10.9 Å². The number of non-ortho nitro benzene ring substituents is 1. The highest BCUT2D eigenvalue weighted by atomic mass is 35.5. The maximum Gasteiger partial charge on any atom is 0.341 e. The molecule has 0 saturated heterocycles. The second-order valence-electron chi connectivity index (χ2n) is 5.64. The van der Waals surface area contributed by atoms with E-state index >= 15 is 0 Å². The van der Waals surface area contributed by atoms with Crippen molar-refractivity contribution < 1.29 is 14.5 Å². The summed E-state index contributed by atoms with van der Waals surface area (Å²) in [7, 11) is 0. The molecule has 27 heavy (non-hydrogen) atoms. The predicted molar refractivity (Wildman–Crippen MR) is 102 cm³/mol. The Kier molecular flexibility index (Phi) is 5.18. The van der Waals surface area contributed by atoms with Crippen molar-refractivity contribution in [2.75, 3.05) is 11.9 Å². The van der Waals surface area contributed by atoms with Gasteiger partial charge in [-0.3, -0.25) is 10.1 Å². The smallest absolute Gasteiger partial charge is 0.341 e. The molecule has 1 aromatic carbocycles. The number of nitrogens with one attached hydrogen (secondary N) is 1. The molecular weight excluding hydrogens is 372 g/mol. The van der Waals surface area contributed by atoms with Gasteiger partial charge in [0.25, 0.3) is 5.69 Å². The van der Waals surface area contributed by atoms with Gasteiger partial charge in [0.2, 0.25) is 0 Å². The van der Waals surface area contributed by atoms with Crippen LogP contribution in [0, 0.1) is 17.0 Å². The quantitative estimate of drug-likeness (QED) is 0.392. The van der Waals surface area contributed by atoms with Crippen LogP contribution < -0.4 is 5.32 Å². The standard InChI is InChI=1S/C18H15ClN4O4/c1-3-27-18(24)13-9-20-17-12(6-4-10(2)21-17)16(13)22-15-8-11(23(25)26)5-7-14(15)19/h4-9H,3H2,1-2H3,(H,20,21,22). The molecule has 3 aromatic rings. The van der Waals surface area contributed by atoms with Crippen LogP contribution in [0.2, 0.25) is 5.02 Å². The van der Waals surface area contributed by atoms with Crippen LogP contribution >= 0.6 is 11.6 Å². The number of carbonyl (C=O) groups is 1. The Balaban J connectivity index is 2.19. The fourth-order valence-electron chi connectivity index (χ4n) is 2.53. The van der Waals surface area contributed by atoms with Gasteiger partial charge < -0.3 is 10.1 Å². The van der Waals surface area contributed by atoms with Crippen molar-refractivity contribution in [3.63, 3.8) is 0 Å². The first-order valence-electron chi connectivity index (χ1n) is 8.05. The van der Waals surface area contributed by atoms with Crippen molar-refractivity contribution in [3.8, 4) is 0 Å². The fraction of sp³-hybridized carbons (Fsp3) is 0.167. The van der Waals surface area contributed by atoms with Crippen LogP contribution in [0.1, 0.15) is 23.0 Å². The molecule has 8 nitrogen and oxygen atoms in total. The lowest BCUT2D eigenvalue weighted by Crippen LogP contribution is -2.10. The van der Waals surface area contributed by atoms with Crippen molar-refractivity contribution in [1.29, 1.82) is 0 Å². The highest BCUT2D eigenvalue weighted by molar-refractivity contribution is 6.33. The van der Waals surface area contributed by atoms with E-state index in [9.17, 15) is 14.9 Å². The molecule has 0 unspecified atom stereocenters. The lowest BCUT2D eigenvalue weighted by molar-refractivity contribution is -0.384. The first-order chi connectivity index (χ1) is 12.9. The van der Waals surface area contributed by atoms with Crippen LogP contribution in [0.25, 0.3) is 11.0 Å². The Labute approximate surface area is 159 Å². The van der Waals surface area contributed by atoms with Gasteiger partial charge in [0.1, 0.15) is 5.56 Å². The van der Waals surface area contributed by atoms with E-state index in [0.717, 1.165) is 5.69 Å². The number of halogens is 1. The van der Waals surface area contributed by atoms with Crippen LogP contribution in [0.5, 0.6) is 0 Å². The molecule has 9 heteroatoms. The lowest BCUT2D eigenvalue weighted by Gasteiger charge is -2.15. The monoisotopic (exact) mass is 386 g/mol. The van der Waals surface area contributed by atoms with Gasteiger partial charge in [-0.05, 0) is 32.0 Å². The van der Waals surface area contributed by atoms with Crippen molar-refractivity contribution in [2.45, 2.75) is 13.8 Å². The second kappa shape index (κ2) is 7.55. The average Bonchev–Trinajstić information content (AvgIpc) is 2.63. The molecule has 138 valence electrons. The number of pyridine rings is 2. The summed E-state index contributed by atoms with van der Waals surface area (Å²) >= 11 is 6.19. The van der Waals surface area contributed by atoms with E-state index in [1.165, 1.54) is 24.4 Å². The lowest BCUT2D eigenvalue weighted by atomic mass is 10.1. The molecule has 0 atom stereocenters. The largest absolute Gasteiger partial charge is 0.462 e. The number of aromatic nitrogens is 2. The molecule has 0 aliphatic carbocycles. The Morgan fingerprint density at radius 3 is 2.81 bits per heavy atom. The van der Waals surface area contributed by atoms with Crippen LogP contribution in [0.15, 0.2) is 36.5 Å². The molecule has 1 N–H and O–H groups in total. The topological polar surface area (TPSA) is 107 Å². The SMILES string of the molecule is CCOC(=O)c1cnc2nc(C)ccc2c1Nc1cc([N+](=O)[O-])ccc1Cl. The zero-order valence-electron chi connectivity index (χ0n) is 14.5. The van der Waals surface area contributed by atoms with E-state index in [-0.39, 0.29) is 28.6 Å². The number of benzene rings is 1. The number of hydrogen-bond acceptors (Lipinski definition) is 7. The summed E-state index contributed by atoms with van der Waals surface area (Å²) in [6, 6.07) is 7.55. The van der Waals surface area contributed by atoms with Gasteiger partial charge in [-0.2, -0.15) is 0 Å². The van der Waals surface area contributed by atoms with Crippen LogP contribution in [-0.2, 0) is 4.74 Å². The highest BCUT2D eigenvalue weighted by Gasteiger charge is 2.19. The Morgan fingerprint density at radius 2 is 2.11 bits per heavy atom. The summed E-state index contributed by atoms with van der Waals surface area (Å²) in [5.74, 6) is -0.573. The first kappa shape index (κ1) is 18.5. The third kappa shape index (κ3) is 3.80. The number of rotatable bonds is 5. The van der Waals surface area contributed by atoms with E-state index in [0.29, 0.717) is 16.7 Å². The number of aryl methyl sites for hydroxylation is 1. The third-order valence-electron chi connectivity index (χ3n) is 3.78. The number of hydrogen-bond donors (Lipinski definition) is 1. The number of anilines is 2. The summed E-state index contributed by atoms with van der Waals surface area (Å²) < 4.78 is 5.09. The number of esters is 1. The van der Waals surface area contributed by atoms with Crippen molar-refractivity contribution >= 4 is 45.7 Å². The van der Waals surface area contributed by atoms with Crippen LogP contribution in [-0.4, -0.2) is 27.5 Å². The molecule has 0 fully saturated rings. The Bertz CT molecular complexity index is 1050. The highest BCUT2D eigenvalue weighted by Crippen LogP contribution is 2.34. The number of nitrogens with zero attached hydrogens (tertiary/aromatic N) is 3. The van der Waals surface area contributed by atoms with Gasteiger partial charge >= 0.3 is 5.97 Å². The fourth-order valence-corrected chi connectivity index (χ4v) is 2.69. The average molecular weight is 387 g/mol. The number of carbonyl (C=O) groups excluding carboxylic acids is 1. The maximum absolute atomic E-state index is 12.4. The normalized spacial score (nSPS) is 10.6. The van der Waals surface area contributed by atoms with E-state index in [2.05, 4.69) is 15.3 Å². The van der Waals surface area contributed by atoms with E-state index in [1.807, 2.05) is 6.92 Å². The Morgan fingerprint density at radius 1 is 1.33 bits per heavy atom. The molecule has 0 radical (unpaired) electrons. The first-order valence-corrected chi connectivity index (χ1v) is 8.43. The van der Waals surface area contributed by atoms with Crippen molar-refractivity contribution in [1.82, 2.24) is 9.97 Å². The summed E-state index contributed by atoms with van der Waals surface area (Å²) in [5.41, 5.74) is 1.88. The number of ether oxygens (including phenoxy) is 1. The van der Waals surface area contributed by atoms with Crippen LogP contribution in [0.4, 0.5) is 17.1 Å². The second-order valence-corrected chi connectivity index (χ2v) is 6.04. The third-order valence-corrected chi connectivity index (χ3v) is 4.11. The summed E-state index contributed by atoms with van der Waals surface area (Å²) in [4.78, 5) is 31.5. The molecule has 0 aliphatic heterocycles. The van der Waals surface area contributed by atoms with Gasteiger partial charge in [-0.1, -0.05) is 11.6 Å². The summed E-state index contributed by atoms with van der Waals surface area (Å²) in [5, 5.41) is 14.9. The molecule has 0 spiro atoms. The summed E-state index contributed by atoms with van der Waals surface area (Å²) in [6.45, 7) is 3.72. The maximum atomic E-state index is 12.4. The zero-order valence-corrected chi connectivity index (χ0v) is 15.3. The minimum Gasteiger partial charge on any atom is -0.462 e. The van der Waals surface area contributed by atoms with E-state index in [4.69, 9.17) is 16.3 Å². The number of nitro benzene ring substituents is 1. The van der Waals surface area contributed by atoms with Gasteiger partial charge in [-0.25, -0.2) is 14.8 Å². The molecule has 0 bridgehead atoms. The molecular formula is C18H15ClN4O4. The minimum absolute atomic E-state index is 0.132. The number of fused-ring (bicyclic) bond motifs is 1. The zero-order chi connectivity index (χ0) is 19.6. The molecule has 2 heterocycles. The van der Waals surface area contributed by atoms with Crippen molar-refractivity contribution in [2.24, 2.45) is 0 Å². The molecule has 0 aliphatic rings. The van der Waals surface area contributed by atoms with Crippen LogP contribution in [0.3, 0.4) is 0 Å². The summed E-state index contributed by atoms with van der Waals surface area (Å²) in [6.07, 6.45) is 1.36. The predicted octanol–water partition coefficient (Wildman–Crippen LogP) is 4.42. The Hall–Kier alpha value is -3.26. The van der Waals surface area contributed by atoms with Gasteiger partial charge in [0, 0.05) is 29.4 Å². The van der Waals surface area contributed by atoms with Gasteiger partial charge in [-0.15, -0.1) is 0 Å². The minimum atomic E-state index is -0.573. The van der Waals surface area contributed by atoms with Gasteiger partial charge in [0.15, 0.2) is 5.65 Å². The molecule has 2 aromatic heterocycles.